The van der Waals surface area contributed by atoms with E-state index in [1.807, 2.05) is 27.3 Å². The topological polar surface area (TPSA) is 54.0 Å². The van der Waals surface area contributed by atoms with Gasteiger partial charge in [0.2, 0.25) is 0 Å². The second-order valence-corrected chi connectivity index (χ2v) is 9.53. The maximum absolute atomic E-state index is 11.1. The summed E-state index contributed by atoms with van der Waals surface area (Å²) >= 11 is 0. The van der Waals surface area contributed by atoms with E-state index in [0.717, 1.165) is 18.4 Å². The molecule has 1 saturated heterocycles. The van der Waals surface area contributed by atoms with Crippen LogP contribution in [-0.4, -0.2) is 41.2 Å². The molecule has 2 bridgehead atoms. The molecule has 6 heteroatoms. The molecule has 23 heavy (non-hydrogen) atoms. The summed E-state index contributed by atoms with van der Waals surface area (Å²) in [5.41, 5.74) is 0.306. The molecule has 1 heterocycles. The lowest BCUT2D eigenvalue weighted by Gasteiger charge is -2.30. The monoisotopic (exact) mass is 344 g/mol. The molecule has 3 atom stereocenters. The predicted molar refractivity (Wildman–Crippen MR) is 90.0 cm³/mol. The molecular formula is C17H32O5Si. The van der Waals surface area contributed by atoms with E-state index in [0.29, 0.717) is 31.7 Å². The Hall–Kier alpha value is -0.433. The molecule has 0 N–H and O–H groups in total. The maximum atomic E-state index is 11.1. The smallest absolute Gasteiger partial charge is 0.465 e. The standard InChI is InChI=1S/C10H14O2.C7H18O3Si/c11-9-5-10(6-12-9)4-7-1-2-8(10)3-7;1-5-8-11(4,9-6-2)10-7-3/h7-8H,1-6H2;5-7H2,1-4H3. The third kappa shape index (κ3) is 4.56. The van der Waals surface area contributed by atoms with Gasteiger partial charge >= 0.3 is 14.8 Å². The first-order chi connectivity index (χ1) is 11.0. The third-order valence-corrected chi connectivity index (χ3v) is 7.78. The van der Waals surface area contributed by atoms with Gasteiger partial charge in [0.15, 0.2) is 0 Å². The van der Waals surface area contributed by atoms with Crippen LogP contribution in [0.2, 0.25) is 6.55 Å². The average molecular weight is 345 g/mol. The van der Waals surface area contributed by atoms with Crippen LogP contribution in [-0.2, 0) is 22.8 Å². The summed E-state index contributed by atoms with van der Waals surface area (Å²) < 4.78 is 21.3. The lowest BCUT2D eigenvalue weighted by atomic mass is 9.73. The van der Waals surface area contributed by atoms with E-state index in [1.54, 1.807) is 0 Å². The molecule has 3 rings (SSSR count). The van der Waals surface area contributed by atoms with Gasteiger partial charge in [-0.3, -0.25) is 4.79 Å². The number of carbonyl (C=O) groups is 1. The van der Waals surface area contributed by atoms with Gasteiger partial charge in [-0.15, -0.1) is 0 Å². The van der Waals surface area contributed by atoms with Crippen molar-refractivity contribution in [3.8, 4) is 0 Å². The first kappa shape index (κ1) is 18.9. The molecule has 5 nitrogen and oxygen atoms in total. The molecule has 0 aromatic heterocycles. The predicted octanol–water partition coefficient (Wildman–Crippen LogP) is 3.40. The molecule has 3 unspecified atom stereocenters. The second-order valence-electron chi connectivity index (χ2n) is 6.94. The number of ether oxygens (including phenoxy) is 1. The van der Waals surface area contributed by atoms with Gasteiger partial charge in [-0.2, -0.15) is 0 Å². The van der Waals surface area contributed by atoms with Crippen molar-refractivity contribution in [2.45, 2.75) is 59.4 Å². The zero-order valence-electron chi connectivity index (χ0n) is 15.1. The molecule has 0 aromatic rings. The fourth-order valence-corrected chi connectivity index (χ4v) is 6.30. The largest absolute Gasteiger partial charge is 0.497 e. The van der Waals surface area contributed by atoms with E-state index in [2.05, 4.69) is 0 Å². The quantitative estimate of drug-likeness (QED) is 0.546. The zero-order valence-corrected chi connectivity index (χ0v) is 16.1. The lowest BCUT2D eigenvalue weighted by molar-refractivity contribution is -0.137. The van der Waals surface area contributed by atoms with Crippen molar-refractivity contribution in [1.29, 1.82) is 0 Å². The Kier molecular flexibility index (Phi) is 6.65. The number of rotatable bonds is 6. The van der Waals surface area contributed by atoms with E-state index in [9.17, 15) is 4.79 Å². The van der Waals surface area contributed by atoms with Crippen molar-refractivity contribution in [3.63, 3.8) is 0 Å². The van der Waals surface area contributed by atoms with Crippen molar-refractivity contribution >= 4 is 14.8 Å². The highest BCUT2D eigenvalue weighted by molar-refractivity contribution is 6.59. The van der Waals surface area contributed by atoms with Crippen LogP contribution in [0.15, 0.2) is 0 Å². The molecule has 1 aliphatic heterocycles. The minimum absolute atomic E-state index is 0.0440. The molecule has 3 fully saturated rings. The van der Waals surface area contributed by atoms with Crippen molar-refractivity contribution in [3.05, 3.63) is 0 Å². The first-order valence-corrected chi connectivity index (χ1v) is 11.3. The Bertz CT molecular complexity index is 385. The summed E-state index contributed by atoms with van der Waals surface area (Å²) in [6.45, 7) is 10.5. The fourth-order valence-electron chi connectivity index (χ4n) is 4.48. The molecule has 0 radical (unpaired) electrons. The average Bonchev–Trinajstić information content (AvgIpc) is 3.17. The Morgan fingerprint density at radius 1 is 1.13 bits per heavy atom. The number of hydrogen-bond donors (Lipinski definition) is 0. The Labute approximate surface area is 141 Å². The fraction of sp³-hybridized carbons (Fsp3) is 0.941. The minimum Gasteiger partial charge on any atom is -0.465 e. The van der Waals surface area contributed by atoms with Crippen LogP contribution >= 0.6 is 0 Å². The maximum Gasteiger partial charge on any atom is 0.497 e. The summed E-state index contributed by atoms with van der Waals surface area (Å²) in [4.78, 5) is 11.1. The molecule has 1 spiro atoms. The van der Waals surface area contributed by atoms with Crippen molar-refractivity contribution in [2.75, 3.05) is 26.4 Å². The van der Waals surface area contributed by atoms with E-state index < -0.39 is 8.80 Å². The number of fused-ring (bicyclic) bond motifs is 3. The number of hydrogen-bond acceptors (Lipinski definition) is 5. The highest BCUT2D eigenvalue weighted by Gasteiger charge is 2.55. The summed E-state index contributed by atoms with van der Waals surface area (Å²) in [5.74, 6) is 1.78. The Morgan fingerprint density at radius 2 is 1.74 bits per heavy atom. The zero-order chi connectivity index (χ0) is 16.9. The van der Waals surface area contributed by atoms with Gasteiger partial charge < -0.3 is 18.0 Å². The Balaban J connectivity index is 0.000000168. The molecule has 134 valence electrons. The highest BCUT2D eigenvalue weighted by atomic mass is 28.4. The summed E-state index contributed by atoms with van der Waals surface area (Å²) in [7, 11) is -2.25. The van der Waals surface area contributed by atoms with E-state index in [4.69, 9.17) is 18.0 Å². The van der Waals surface area contributed by atoms with Crippen molar-refractivity contribution in [2.24, 2.45) is 17.3 Å². The summed E-state index contributed by atoms with van der Waals surface area (Å²) in [6, 6.07) is 0. The van der Waals surface area contributed by atoms with E-state index in [1.165, 1.54) is 25.7 Å². The van der Waals surface area contributed by atoms with Crippen molar-refractivity contribution in [1.82, 2.24) is 0 Å². The van der Waals surface area contributed by atoms with Crippen LogP contribution in [0.1, 0.15) is 52.9 Å². The van der Waals surface area contributed by atoms with Gasteiger partial charge in [0.25, 0.3) is 0 Å². The van der Waals surface area contributed by atoms with Gasteiger partial charge in [0.05, 0.1) is 13.0 Å². The van der Waals surface area contributed by atoms with Crippen LogP contribution in [0.4, 0.5) is 0 Å². The van der Waals surface area contributed by atoms with Crippen LogP contribution < -0.4 is 0 Å². The minimum atomic E-state index is -2.25. The first-order valence-electron chi connectivity index (χ1n) is 9.04. The van der Waals surface area contributed by atoms with Gasteiger partial charge in [0.1, 0.15) is 0 Å². The van der Waals surface area contributed by atoms with Gasteiger partial charge in [-0.05, 0) is 51.9 Å². The Morgan fingerprint density at radius 3 is 2.09 bits per heavy atom. The van der Waals surface area contributed by atoms with Crippen LogP contribution in [0.5, 0.6) is 0 Å². The van der Waals surface area contributed by atoms with Gasteiger partial charge in [0, 0.05) is 31.8 Å². The molecule has 3 aliphatic rings. The van der Waals surface area contributed by atoms with E-state index >= 15 is 0 Å². The molecule has 0 amide bonds. The van der Waals surface area contributed by atoms with Crippen LogP contribution in [0, 0.1) is 17.3 Å². The lowest BCUT2D eigenvalue weighted by Crippen LogP contribution is -2.42. The molecule has 2 aliphatic carbocycles. The molecule has 2 saturated carbocycles. The summed E-state index contributed by atoms with van der Waals surface area (Å²) in [5, 5.41) is 0. The van der Waals surface area contributed by atoms with Crippen LogP contribution in [0.3, 0.4) is 0 Å². The van der Waals surface area contributed by atoms with Gasteiger partial charge in [-0.25, -0.2) is 0 Å². The summed E-state index contributed by atoms with van der Waals surface area (Å²) in [6.07, 6.45) is 6.11. The molecular weight excluding hydrogens is 312 g/mol. The molecule has 0 aromatic carbocycles. The third-order valence-electron chi connectivity index (χ3n) is 5.34. The number of carbonyl (C=O) groups excluding carboxylic acids is 1. The van der Waals surface area contributed by atoms with E-state index in [-0.39, 0.29) is 5.97 Å². The highest BCUT2D eigenvalue weighted by Crippen LogP contribution is 2.59. The number of cyclic esters (lactones) is 1. The van der Waals surface area contributed by atoms with Crippen LogP contribution in [0.25, 0.3) is 0 Å². The SMILES string of the molecule is CCO[Si](C)(OCC)OCC.O=C1CC2(CO1)CC1CCC2C1. The van der Waals surface area contributed by atoms with Gasteiger partial charge in [-0.1, -0.05) is 6.42 Å². The number of esters is 1. The van der Waals surface area contributed by atoms with Crippen molar-refractivity contribution < 1.29 is 22.8 Å². The normalized spacial score (nSPS) is 32.1. The second kappa shape index (κ2) is 8.10.